The molecule has 0 fully saturated rings. The van der Waals surface area contributed by atoms with Gasteiger partial charge in [-0.15, -0.1) is 0 Å². The van der Waals surface area contributed by atoms with Gasteiger partial charge in [-0.3, -0.25) is 0 Å². The fourth-order valence-electron chi connectivity index (χ4n) is 3.83. The minimum absolute atomic E-state index is 0.140. The van der Waals surface area contributed by atoms with Crippen LogP contribution in [0.1, 0.15) is 49.3 Å². The summed E-state index contributed by atoms with van der Waals surface area (Å²) in [4.78, 5) is 0. The molecule has 29 heavy (non-hydrogen) atoms. The Bertz CT molecular complexity index is 762. The van der Waals surface area contributed by atoms with E-state index in [1.807, 2.05) is 0 Å². The Balaban J connectivity index is 2.18. The summed E-state index contributed by atoms with van der Waals surface area (Å²) in [5.74, 6) is 0. The Kier molecular flexibility index (Phi) is 8.51. The van der Waals surface area contributed by atoms with Gasteiger partial charge < -0.3 is 4.74 Å². The Morgan fingerprint density at radius 3 is 1.62 bits per heavy atom. The van der Waals surface area contributed by atoms with Crippen LogP contribution in [0.25, 0.3) is 0 Å². The number of ether oxygens (including phenoxy) is 1. The largest absolute Gasteiger partial charge is 0.357 e. The maximum atomic E-state index is 7.15. The van der Waals surface area contributed by atoms with E-state index in [1.165, 1.54) is 6.42 Å². The van der Waals surface area contributed by atoms with Gasteiger partial charge in [0.1, 0.15) is 5.60 Å². The van der Waals surface area contributed by atoms with Gasteiger partial charge in [0.25, 0.3) is 0 Å². The average molecular weight is 496 g/mol. The summed E-state index contributed by atoms with van der Waals surface area (Å²) in [6.07, 6.45) is 6.65. The van der Waals surface area contributed by atoms with Crippen LogP contribution in [-0.4, -0.2) is 6.10 Å². The molecule has 1 unspecified atom stereocenters. The van der Waals surface area contributed by atoms with E-state index in [0.717, 1.165) is 36.0 Å². The molecule has 0 radical (unpaired) electrons. The second-order valence-corrected chi connectivity index (χ2v) is 7.98. The lowest BCUT2D eigenvalue weighted by atomic mass is 9.79. The number of benzene rings is 3. The summed E-state index contributed by atoms with van der Waals surface area (Å²) < 4.78 is 9.24. The number of unbranched alkanes of at least 4 members (excludes halogenated alkanes) is 1. The number of hydrogen-bond donors (Lipinski definition) is 0. The van der Waals surface area contributed by atoms with Crippen molar-refractivity contribution in [3.05, 3.63) is 118 Å². The zero-order valence-electron chi connectivity index (χ0n) is 17.0. The first-order chi connectivity index (χ1) is 14.3. The van der Waals surface area contributed by atoms with Crippen molar-refractivity contribution >= 4 is 22.6 Å². The third-order valence-corrected chi connectivity index (χ3v) is 5.76. The number of rotatable bonds is 10. The normalized spacial score (nSPS) is 12.9. The molecule has 0 aliphatic carbocycles. The molecule has 0 aliphatic rings. The van der Waals surface area contributed by atoms with Crippen molar-refractivity contribution in [2.24, 2.45) is 0 Å². The molecule has 1 nitrogen and oxygen atoms in total. The topological polar surface area (TPSA) is 9.23 Å². The summed E-state index contributed by atoms with van der Waals surface area (Å²) >= 11 is 2.29. The van der Waals surface area contributed by atoms with Crippen molar-refractivity contribution in [2.75, 3.05) is 0 Å². The van der Waals surface area contributed by atoms with Crippen molar-refractivity contribution in [1.29, 1.82) is 0 Å². The predicted molar refractivity (Wildman–Crippen MR) is 131 cm³/mol. The molecule has 0 heterocycles. The Labute approximate surface area is 189 Å². The molecule has 3 aromatic carbocycles. The van der Waals surface area contributed by atoms with E-state index in [2.05, 4.69) is 131 Å². The summed E-state index contributed by atoms with van der Waals surface area (Å²) in [6.45, 7) is 2.24. The molecule has 150 valence electrons. The van der Waals surface area contributed by atoms with Gasteiger partial charge in [-0.05, 0) is 33.6 Å². The van der Waals surface area contributed by atoms with Gasteiger partial charge in [-0.2, -0.15) is 0 Å². The number of hydrogen-bond acceptors (Lipinski definition) is 1. The second kappa shape index (κ2) is 11.3. The van der Waals surface area contributed by atoms with Crippen LogP contribution in [0.3, 0.4) is 0 Å². The van der Waals surface area contributed by atoms with E-state index in [0.29, 0.717) is 0 Å². The van der Waals surface area contributed by atoms with E-state index in [1.54, 1.807) is 0 Å². The van der Waals surface area contributed by atoms with E-state index in [9.17, 15) is 0 Å². The molecule has 0 saturated carbocycles. The molecule has 0 N–H and O–H groups in total. The molecule has 0 spiro atoms. The fraction of sp³-hybridized carbons (Fsp3) is 0.259. The Morgan fingerprint density at radius 2 is 1.24 bits per heavy atom. The van der Waals surface area contributed by atoms with E-state index in [4.69, 9.17) is 4.74 Å². The smallest absolute Gasteiger partial charge is 0.144 e. The SMILES string of the molecule is CCCCC(C/C=C/I)OC(c1ccccc1)(c1ccccc1)c1ccccc1. The lowest BCUT2D eigenvalue weighted by Gasteiger charge is -2.39. The lowest BCUT2D eigenvalue weighted by Crippen LogP contribution is -2.37. The van der Waals surface area contributed by atoms with Crippen LogP contribution < -0.4 is 0 Å². The Hall–Kier alpha value is -1.91. The first-order valence-electron chi connectivity index (χ1n) is 10.4. The molecule has 1 atom stereocenters. The van der Waals surface area contributed by atoms with Crippen LogP contribution in [0, 0.1) is 0 Å². The second-order valence-electron chi connectivity index (χ2n) is 7.26. The van der Waals surface area contributed by atoms with Crippen LogP contribution in [0.15, 0.2) is 101 Å². The maximum Gasteiger partial charge on any atom is 0.144 e. The van der Waals surface area contributed by atoms with Gasteiger partial charge in [0.2, 0.25) is 0 Å². The molecule has 0 aliphatic heterocycles. The Morgan fingerprint density at radius 1 is 0.793 bits per heavy atom. The summed E-state index contributed by atoms with van der Waals surface area (Å²) in [7, 11) is 0. The van der Waals surface area contributed by atoms with Crippen molar-refractivity contribution in [2.45, 2.75) is 44.3 Å². The summed E-state index contributed by atoms with van der Waals surface area (Å²) in [5, 5.41) is 0. The van der Waals surface area contributed by atoms with E-state index >= 15 is 0 Å². The molecule has 2 heteroatoms. The van der Waals surface area contributed by atoms with Crippen LogP contribution in [0.4, 0.5) is 0 Å². The molecule has 0 aromatic heterocycles. The van der Waals surface area contributed by atoms with Crippen molar-refractivity contribution in [1.82, 2.24) is 0 Å². The van der Waals surface area contributed by atoms with E-state index < -0.39 is 5.60 Å². The molecule has 0 saturated heterocycles. The van der Waals surface area contributed by atoms with Crippen molar-refractivity contribution < 1.29 is 4.74 Å². The highest BCUT2D eigenvalue weighted by molar-refractivity contribution is 14.1. The molecule has 3 rings (SSSR count). The van der Waals surface area contributed by atoms with Crippen LogP contribution in [0.2, 0.25) is 0 Å². The zero-order valence-corrected chi connectivity index (χ0v) is 19.2. The maximum absolute atomic E-state index is 7.15. The van der Waals surface area contributed by atoms with Crippen LogP contribution in [0.5, 0.6) is 0 Å². The van der Waals surface area contributed by atoms with Crippen LogP contribution in [-0.2, 0) is 10.3 Å². The minimum Gasteiger partial charge on any atom is -0.357 e. The van der Waals surface area contributed by atoms with Gasteiger partial charge in [-0.1, -0.05) is 139 Å². The molecular formula is C27H29IO. The molecular weight excluding hydrogens is 467 g/mol. The zero-order chi connectivity index (χ0) is 20.4. The average Bonchev–Trinajstić information content (AvgIpc) is 2.80. The highest BCUT2D eigenvalue weighted by Crippen LogP contribution is 2.42. The monoisotopic (exact) mass is 496 g/mol. The third kappa shape index (κ3) is 5.37. The molecule has 0 bridgehead atoms. The highest BCUT2D eigenvalue weighted by Gasteiger charge is 2.39. The first kappa shape index (κ1) is 21.8. The van der Waals surface area contributed by atoms with E-state index in [-0.39, 0.29) is 6.10 Å². The molecule has 3 aromatic rings. The number of halogens is 1. The summed E-state index contributed by atoms with van der Waals surface area (Å²) in [6, 6.07) is 31.9. The van der Waals surface area contributed by atoms with Crippen LogP contribution >= 0.6 is 22.6 Å². The minimum atomic E-state index is -0.638. The summed E-state index contributed by atoms with van der Waals surface area (Å²) in [5.41, 5.74) is 2.86. The van der Waals surface area contributed by atoms with Gasteiger partial charge in [0.15, 0.2) is 0 Å². The van der Waals surface area contributed by atoms with Crippen molar-refractivity contribution in [3.63, 3.8) is 0 Å². The van der Waals surface area contributed by atoms with Gasteiger partial charge >= 0.3 is 0 Å². The lowest BCUT2D eigenvalue weighted by molar-refractivity contribution is -0.0501. The predicted octanol–water partition coefficient (Wildman–Crippen LogP) is 7.89. The highest BCUT2D eigenvalue weighted by atomic mass is 127. The van der Waals surface area contributed by atoms with Gasteiger partial charge in [0, 0.05) is 0 Å². The molecule has 0 amide bonds. The van der Waals surface area contributed by atoms with Crippen molar-refractivity contribution in [3.8, 4) is 0 Å². The fourth-order valence-corrected chi connectivity index (χ4v) is 4.13. The van der Waals surface area contributed by atoms with Gasteiger partial charge in [-0.25, -0.2) is 0 Å². The van der Waals surface area contributed by atoms with Gasteiger partial charge in [0.05, 0.1) is 6.10 Å². The third-order valence-electron chi connectivity index (χ3n) is 5.25. The standard InChI is InChI=1S/C27H29IO/c1-2-3-20-26(21-13-22-28)29-27(23-14-7-4-8-15-23,24-16-9-5-10-17-24)25-18-11-6-12-19-25/h4-19,22,26H,2-3,20-21H2,1H3/b22-13+. The quantitative estimate of drug-likeness (QED) is 0.205. The first-order valence-corrected chi connectivity index (χ1v) is 11.7.